The monoisotopic (exact) mass is 452 g/mol. The van der Waals surface area contributed by atoms with Crippen LogP contribution >= 0.6 is 24.0 Å². The summed E-state index contributed by atoms with van der Waals surface area (Å²) in [5.74, 6) is 1.68. The predicted octanol–water partition coefficient (Wildman–Crippen LogP) is 0.591. The van der Waals surface area contributed by atoms with E-state index < -0.39 is 0 Å². The Morgan fingerprint density at radius 3 is 2.83 bits per heavy atom. The minimum atomic E-state index is 0. The Morgan fingerprint density at radius 1 is 1.33 bits per heavy atom. The SMILES string of the molecule is CCOCCNC(=NC)NCCCn1nc2n(c1=O)CCCC2.I. The summed E-state index contributed by atoms with van der Waals surface area (Å²) in [7, 11) is 1.74. The molecule has 0 saturated heterocycles. The standard InChI is InChI=1S/C15H28N6O2.HI/c1-3-23-12-9-18-14(16-2)17-8-6-11-21-15(22)20-10-5-4-7-13(20)19-21;/h3-12H2,1-2H3,(H2,16,17,18);1H. The van der Waals surface area contributed by atoms with E-state index in [-0.39, 0.29) is 29.7 Å². The van der Waals surface area contributed by atoms with Gasteiger partial charge in [-0.2, -0.15) is 5.10 Å². The summed E-state index contributed by atoms with van der Waals surface area (Å²) >= 11 is 0. The number of halogens is 1. The first-order valence-corrected chi connectivity index (χ1v) is 8.45. The Balaban J connectivity index is 0.00000288. The second-order valence-electron chi connectivity index (χ2n) is 5.51. The minimum Gasteiger partial charge on any atom is -0.380 e. The van der Waals surface area contributed by atoms with Crippen LogP contribution in [0.15, 0.2) is 9.79 Å². The highest BCUT2D eigenvalue weighted by atomic mass is 127. The van der Waals surface area contributed by atoms with Gasteiger partial charge in [-0.25, -0.2) is 9.48 Å². The van der Waals surface area contributed by atoms with E-state index in [1.54, 1.807) is 11.7 Å². The second-order valence-corrected chi connectivity index (χ2v) is 5.51. The average Bonchev–Trinajstić information content (AvgIpc) is 2.90. The van der Waals surface area contributed by atoms with Gasteiger partial charge in [0.2, 0.25) is 0 Å². The van der Waals surface area contributed by atoms with E-state index in [1.165, 1.54) is 0 Å². The van der Waals surface area contributed by atoms with E-state index in [0.717, 1.165) is 63.7 Å². The molecule has 0 fully saturated rings. The zero-order valence-corrected chi connectivity index (χ0v) is 16.9. The molecule has 0 spiro atoms. The van der Waals surface area contributed by atoms with Crippen LogP contribution in [0, 0.1) is 0 Å². The average molecular weight is 452 g/mol. The molecule has 24 heavy (non-hydrogen) atoms. The summed E-state index contributed by atoms with van der Waals surface area (Å²) in [4.78, 5) is 16.3. The third kappa shape index (κ3) is 6.08. The molecule has 1 aromatic rings. The van der Waals surface area contributed by atoms with Crippen molar-refractivity contribution >= 4 is 29.9 Å². The number of ether oxygens (including phenoxy) is 1. The van der Waals surface area contributed by atoms with Gasteiger partial charge in [-0.05, 0) is 26.2 Å². The molecule has 0 radical (unpaired) electrons. The molecule has 0 saturated carbocycles. The van der Waals surface area contributed by atoms with Gasteiger partial charge >= 0.3 is 5.69 Å². The van der Waals surface area contributed by atoms with Crippen LogP contribution in [0.1, 0.15) is 32.0 Å². The van der Waals surface area contributed by atoms with Gasteiger partial charge in [0.1, 0.15) is 5.82 Å². The summed E-state index contributed by atoms with van der Waals surface area (Å²) in [5.41, 5.74) is 0.0268. The van der Waals surface area contributed by atoms with E-state index >= 15 is 0 Å². The Hall–Kier alpha value is -1.10. The van der Waals surface area contributed by atoms with Crippen molar-refractivity contribution in [3.05, 3.63) is 16.3 Å². The molecule has 2 rings (SSSR count). The van der Waals surface area contributed by atoms with E-state index in [9.17, 15) is 4.79 Å². The lowest BCUT2D eigenvalue weighted by Gasteiger charge is -2.11. The van der Waals surface area contributed by atoms with Crippen molar-refractivity contribution in [2.45, 2.75) is 45.7 Å². The van der Waals surface area contributed by atoms with Crippen molar-refractivity contribution < 1.29 is 4.74 Å². The van der Waals surface area contributed by atoms with Crippen LogP contribution in [0.4, 0.5) is 0 Å². The van der Waals surface area contributed by atoms with Gasteiger partial charge < -0.3 is 15.4 Å². The molecule has 1 aromatic heterocycles. The van der Waals surface area contributed by atoms with E-state index in [0.29, 0.717) is 13.2 Å². The molecule has 8 nitrogen and oxygen atoms in total. The molecule has 0 amide bonds. The van der Waals surface area contributed by atoms with Crippen LogP contribution in [-0.2, 0) is 24.2 Å². The highest BCUT2D eigenvalue weighted by molar-refractivity contribution is 14.0. The van der Waals surface area contributed by atoms with Crippen LogP contribution in [0.25, 0.3) is 0 Å². The molecular weight excluding hydrogens is 423 g/mol. The molecular formula is C15H29IN6O2. The first kappa shape index (κ1) is 20.9. The molecule has 138 valence electrons. The maximum atomic E-state index is 12.2. The van der Waals surface area contributed by atoms with Gasteiger partial charge in [-0.1, -0.05) is 0 Å². The smallest absolute Gasteiger partial charge is 0.345 e. The Morgan fingerprint density at radius 2 is 2.12 bits per heavy atom. The molecule has 0 unspecified atom stereocenters. The predicted molar refractivity (Wildman–Crippen MR) is 105 cm³/mol. The molecule has 2 heterocycles. The van der Waals surface area contributed by atoms with Crippen LogP contribution in [0.3, 0.4) is 0 Å². The number of hydrogen-bond acceptors (Lipinski definition) is 4. The summed E-state index contributed by atoms with van der Waals surface area (Å²) in [6.45, 7) is 6.25. The van der Waals surface area contributed by atoms with Crippen molar-refractivity contribution in [2.24, 2.45) is 4.99 Å². The largest absolute Gasteiger partial charge is 0.380 e. The summed E-state index contributed by atoms with van der Waals surface area (Å²) < 4.78 is 8.67. The highest BCUT2D eigenvalue weighted by Crippen LogP contribution is 2.09. The van der Waals surface area contributed by atoms with Gasteiger partial charge in [-0.15, -0.1) is 24.0 Å². The number of nitrogens with one attached hydrogen (secondary N) is 2. The summed E-state index contributed by atoms with van der Waals surface area (Å²) in [5, 5.41) is 10.8. The molecule has 2 N–H and O–H groups in total. The maximum Gasteiger partial charge on any atom is 0.345 e. The number of aryl methyl sites for hydroxylation is 2. The molecule has 0 atom stereocenters. The molecule has 1 aliphatic rings. The number of hydrogen-bond donors (Lipinski definition) is 2. The van der Waals surface area contributed by atoms with Crippen LogP contribution in [0.2, 0.25) is 0 Å². The number of fused-ring (bicyclic) bond motifs is 1. The van der Waals surface area contributed by atoms with Gasteiger partial charge in [0.25, 0.3) is 0 Å². The minimum absolute atomic E-state index is 0. The van der Waals surface area contributed by atoms with Crippen LogP contribution in [-0.4, -0.2) is 53.7 Å². The van der Waals surface area contributed by atoms with Gasteiger partial charge in [-0.3, -0.25) is 9.56 Å². The second kappa shape index (κ2) is 11.5. The fourth-order valence-electron chi connectivity index (χ4n) is 2.64. The molecule has 0 bridgehead atoms. The van der Waals surface area contributed by atoms with Crippen molar-refractivity contribution in [2.75, 3.05) is 33.4 Å². The lowest BCUT2D eigenvalue weighted by atomic mass is 10.2. The first-order chi connectivity index (χ1) is 11.3. The van der Waals surface area contributed by atoms with Crippen LogP contribution < -0.4 is 16.3 Å². The molecule has 0 aliphatic carbocycles. The Kier molecular flexibility index (Phi) is 9.99. The van der Waals surface area contributed by atoms with E-state index in [4.69, 9.17) is 4.74 Å². The van der Waals surface area contributed by atoms with Gasteiger partial charge in [0.05, 0.1) is 6.61 Å². The van der Waals surface area contributed by atoms with Crippen molar-refractivity contribution in [1.29, 1.82) is 0 Å². The van der Waals surface area contributed by atoms with Gasteiger partial charge in [0, 0.05) is 46.3 Å². The highest BCUT2D eigenvalue weighted by Gasteiger charge is 2.16. The number of guanidine groups is 1. The number of aromatic nitrogens is 3. The fourth-order valence-corrected chi connectivity index (χ4v) is 2.64. The molecule has 9 heteroatoms. The Bertz CT molecular complexity index is 569. The lowest BCUT2D eigenvalue weighted by Crippen LogP contribution is -2.39. The topological polar surface area (TPSA) is 85.5 Å². The fraction of sp³-hybridized carbons (Fsp3) is 0.800. The molecule has 1 aliphatic heterocycles. The third-order valence-corrected chi connectivity index (χ3v) is 3.84. The lowest BCUT2D eigenvalue weighted by molar-refractivity contribution is 0.152. The van der Waals surface area contributed by atoms with Crippen molar-refractivity contribution in [3.8, 4) is 0 Å². The van der Waals surface area contributed by atoms with Gasteiger partial charge in [0.15, 0.2) is 5.96 Å². The summed E-state index contributed by atoms with van der Waals surface area (Å²) in [6, 6.07) is 0. The number of aliphatic imine (C=N–C) groups is 1. The van der Waals surface area contributed by atoms with Crippen LogP contribution in [0.5, 0.6) is 0 Å². The first-order valence-electron chi connectivity index (χ1n) is 8.45. The number of nitrogens with zero attached hydrogens (tertiary/aromatic N) is 4. The normalized spacial score (nSPS) is 14.0. The Labute approximate surface area is 160 Å². The summed E-state index contributed by atoms with van der Waals surface area (Å²) in [6.07, 6.45) is 3.94. The molecule has 0 aromatic carbocycles. The zero-order chi connectivity index (χ0) is 16.5. The van der Waals surface area contributed by atoms with Crippen molar-refractivity contribution in [1.82, 2.24) is 25.0 Å². The maximum absolute atomic E-state index is 12.2. The van der Waals surface area contributed by atoms with Crippen molar-refractivity contribution in [3.63, 3.8) is 0 Å². The zero-order valence-electron chi connectivity index (χ0n) is 14.6. The quantitative estimate of drug-likeness (QED) is 0.261. The van der Waals surface area contributed by atoms with E-state index in [2.05, 4.69) is 20.7 Å². The van der Waals surface area contributed by atoms with E-state index in [1.807, 2.05) is 11.5 Å². The number of rotatable bonds is 8. The third-order valence-electron chi connectivity index (χ3n) is 3.84.